The molecule has 0 unspecified atom stereocenters. The number of nitrogens with two attached hydrogens (primary N) is 3. The van der Waals surface area contributed by atoms with E-state index in [1.807, 2.05) is 48.5 Å². The first kappa shape index (κ1) is 16.2. The van der Waals surface area contributed by atoms with Gasteiger partial charge < -0.3 is 17.2 Å². The molecule has 0 aliphatic rings. The molecule has 0 aromatic heterocycles. The van der Waals surface area contributed by atoms with Gasteiger partial charge >= 0.3 is 0 Å². The van der Waals surface area contributed by atoms with Crippen LogP contribution in [0.3, 0.4) is 0 Å². The second-order valence-electron chi connectivity index (χ2n) is 4.42. The molecule has 2 rings (SSSR count). The van der Waals surface area contributed by atoms with Gasteiger partial charge in [-0.1, -0.05) is 29.8 Å². The quantitative estimate of drug-likeness (QED) is 0.454. The zero-order valence-corrected chi connectivity index (χ0v) is 13.3. The molecule has 6 N–H and O–H groups in total. The maximum atomic E-state index is 5.87. The van der Waals surface area contributed by atoms with Gasteiger partial charge in [0.1, 0.15) is 0 Å². The Morgan fingerprint density at radius 1 is 1.05 bits per heavy atom. The SMILES string of the molecule is NC(N)=NC(N)=Nc1cccc(SCc2ccc(Cl)cc2)c1. The molecule has 0 aliphatic heterocycles. The molecular formula is C15H16ClN5S. The first-order valence-electron chi connectivity index (χ1n) is 6.44. The number of guanidine groups is 2. The largest absolute Gasteiger partial charge is 0.370 e. The molecule has 0 amide bonds. The summed E-state index contributed by atoms with van der Waals surface area (Å²) in [7, 11) is 0. The van der Waals surface area contributed by atoms with Crippen molar-refractivity contribution in [3.05, 3.63) is 59.1 Å². The molecule has 7 heteroatoms. The zero-order chi connectivity index (χ0) is 15.9. The minimum absolute atomic E-state index is 0.0276. The van der Waals surface area contributed by atoms with E-state index in [4.69, 9.17) is 28.8 Å². The lowest BCUT2D eigenvalue weighted by molar-refractivity contribution is 1.34. The summed E-state index contributed by atoms with van der Waals surface area (Å²) in [4.78, 5) is 8.90. The van der Waals surface area contributed by atoms with E-state index in [0.717, 1.165) is 15.7 Å². The van der Waals surface area contributed by atoms with Crippen molar-refractivity contribution in [2.75, 3.05) is 0 Å². The van der Waals surface area contributed by atoms with Gasteiger partial charge in [-0.05, 0) is 35.9 Å². The Bertz CT molecular complexity index is 693. The summed E-state index contributed by atoms with van der Waals surface area (Å²) < 4.78 is 0. The zero-order valence-electron chi connectivity index (χ0n) is 11.7. The predicted molar refractivity (Wildman–Crippen MR) is 94.5 cm³/mol. The summed E-state index contributed by atoms with van der Waals surface area (Å²) >= 11 is 7.57. The second-order valence-corrected chi connectivity index (χ2v) is 5.90. The molecule has 0 saturated carbocycles. The lowest BCUT2D eigenvalue weighted by Crippen LogP contribution is -2.26. The topological polar surface area (TPSA) is 103 Å². The first-order valence-corrected chi connectivity index (χ1v) is 7.80. The van der Waals surface area contributed by atoms with E-state index in [0.29, 0.717) is 5.69 Å². The Hall–Kier alpha value is -2.18. The van der Waals surface area contributed by atoms with E-state index in [1.165, 1.54) is 5.56 Å². The van der Waals surface area contributed by atoms with Gasteiger partial charge in [0, 0.05) is 15.7 Å². The second kappa shape index (κ2) is 7.72. The third kappa shape index (κ3) is 5.31. The van der Waals surface area contributed by atoms with E-state index < -0.39 is 0 Å². The van der Waals surface area contributed by atoms with E-state index in [2.05, 4.69) is 9.98 Å². The van der Waals surface area contributed by atoms with Crippen LogP contribution in [0.5, 0.6) is 0 Å². The third-order valence-corrected chi connectivity index (χ3v) is 3.94. The first-order chi connectivity index (χ1) is 10.5. The summed E-state index contributed by atoms with van der Waals surface area (Å²) in [5.74, 6) is 0.752. The summed E-state index contributed by atoms with van der Waals surface area (Å²) in [5, 5.41) is 0.736. The van der Waals surface area contributed by atoms with Crippen molar-refractivity contribution < 1.29 is 0 Å². The number of aliphatic imine (C=N–C) groups is 2. The van der Waals surface area contributed by atoms with Crippen LogP contribution in [0.2, 0.25) is 5.02 Å². The van der Waals surface area contributed by atoms with Crippen LogP contribution in [0.4, 0.5) is 5.69 Å². The van der Waals surface area contributed by atoms with Crippen molar-refractivity contribution in [3.63, 3.8) is 0 Å². The Balaban J connectivity index is 2.05. The highest BCUT2D eigenvalue weighted by atomic mass is 35.5. The van der Waals surface area contributed by atoms with Crippen molar-refractivity contribution in [3.8, 4) is 0 Å². The normalized spacial score (nSPS) is 11.2. The third-order valence-electron chi connectivity index (χ3n) is 2.62. The highest BCUT2D eigenvalue weighted by Crippen LogP contribution is 2.26. The fourth-order valence-electron chi connectivity index (χ4n) is 1.68. The highest BCUT2D eigenvalue weighted by Gasteiger charge is 1.99. The Morgan fingerprint density at radius 2 is 1.77 bits per heavy atom. The highest BCUT2D eigenvalue weighted by molar-refractivity contribution is 7.98. The monoisotopic (exact) mass is 333 g/mol. The number of halogens is 1. The minimum atomic E-state index is -0.116. The Labute approximate surface area is 138 Å². The van der Waals surface area contributed by atoms with Gasteiger partial charge in [-0.3, -0.25) is 0 Å². The summed E-state index contributed by atoms with van der Waals surface area (Å²) in [5.41, 5.74) is 18.0. The molecule has 0 radical (unpaired) electrons. The van der Waals surface area contributed by atoms with Crippen LogP contribution in [-0.4, -0.2) is 11.9 Å². The molecule has 114 valence electrons. The van der Waals surface area contributed by atoms with Gasteiger partial charge in [-0.2, -0.15) is 4.99 Å². The van der Waals surface area contributed by atoms with Crippen LogP contribution in [-0.2, 0) is 5.75 Å². The lowest BCUT2D eigenvalue weighted by Gasteiger charge is -2.04. The fourth-order valence-corrected chi connectivity index (χ4v) is 2.71. The van der Waals surface area contributed by atoms with Gasteiger partial charge in [0.2, 0.25) is 5.96 Å². The molecule has 0 aliphatic carbocycles. The molecule has 0 spiro atoms. The van der Waals surface area contributed by atoms with Gasteiger partial charge in [-0.25, -0.2) is 4.99 Å². The van der Waals surface area contributed by atoms with Crippen LogP contribution < -0.4 is 17.2 Å². The number of rotatable bonds is 4. The van der Waals surface area contributed by atoms with Crippen LogP contribution in [0.1, 0.15) is 5.56 Å². The molecule has 0 saturated heterocycles. The average Bonchev–Trinajstić information content (AvgIpc) is 2.46. The maximum absolute atomic E-state index is 5.87. The Morgan fingerprint density at radius 3 is 2.45 bits per heavy atom. The average molecular weight is 334 g/mol. The molecule has 2 aromatic rings. The molecule has 0 heterocycles. The summed E-state index contributed by atoms with van der Waals surface area (Å²) in [6, 6.07) is 15.5. The Kier molecular flexibility index (Phi) is 5.68. The molecule has 2 aromatic carbocycles. The van der Waals surface area contributed by atoms with E-state index in [9.17, 15) is 0 Å². The van der Waals surface area contributed by atoms with Crippen molar-refractivity contribution in [2.24, 2.45) is 27.2 Å². The summed E-state index contributed by atoms with van der Waals surface area (Å²) in [6.07, 6.45) is 0. The number of benzene rings is 2. The van der Waals surface area contributed by atoms with Gasteiger partial charge in [-0.15, -0.1) is 11.8 Å². The van der Waals surface area contributed by atoms with E-state index >= 15 is 0 Å². The van der Waals surface area contributed by atoms with Crippen molar-refractivity contribution >= 4 is 41.0 Å². The van der Waals surface area contributed by atoms with Gasteiger partial charge in [0.05, 0.1) is 5.69 Å². The van der Waals surface area contributed by atoms with Crippen molar-refractivity contribution in [1.82, 2.24) is 0 Å². The van der Waals surface area contributed by atoms with Gasteiger partial charge in [0.25, 0.3) is 0 Å². The van der Waals surface area contributed by atoms with Crippen molar-refractivity contribution in [1.29, 1.82) is 0 Å². The van der Waals surface area contributed by atoms with Crippen LogP contribution in [0.15, 0.2) is 63.4 Å². The van der Waals surface area contributed by atoms with Gasteiger partial charge in [0.15, 0.2) is 5.96 Å². The smallest absolute Gasteiger partial charge is 0.223 e. The van der Waals surface area contributed by atoms with Crippen LogP contribution in [0, 0.1) is 0 Å². The maximum Gasteiger partial charge on any atom is 0.223 e. The van der Waals surface area contributed by atoms with Crippen molar-refractivity contribution in [2.45, 2.75) is 10.6 Å². The molecule has 0 atom stereocenters. The number of hydrogen-bond donors (Lipinski definition) is 3. The molecule has 5 nitrogen and oxygen atoms in total. The molecular weight excluding hydrogens is 318 g/mol. The summed E-state index contributed by atoms with van der Waals surface area (Å²) in [6.45, 7) is 0. The molecule has 0 fully saturated rings. The fraction of sp³-hybridized carbons (Fsp3) is 0.0667. The van der Waals surface area contributed by atoms with Crippen LogP contribution >= 0.6 is 23.4 Å². The molecule has 0 bridgehead atoms. The van der Waals surface area contributed by atoms with E-state index in [1.54, 1.807) is 11.8 Å². The van der Waals surface area contributed by atoms with E-state index in [-0.39, 0.29) is 11.9 Å². The number of hydrogen-bond acceptors (Lipinski definition) is 2. The number of thioether (sulfide) groups is 1. The predicted octanol–water partition coefficient (Wildman–Crippen LogP) is 2.85. The standard InChI is InChI=1S/C15H16ClN5S/c16-11-6-4-10(5-7-11)9-22-13-3-1-2-12(8-13)20-15(19)21-14(17)18/h1-8H,9H2,(H6,17,18,19,20,21). The minimum Gasteiger partial charge on any atom is -0.370 e. The molecule has 22 heavy (non-hydrogen) atoms. The lowest BCUT2D eigenvalue weighted by atomic mass is 10.2. The number of nitrogens with zero attached hydrogens (tertiary/aromatic N) is 2. The van der Waals surface area contributed by atoms with Crippen LogP contribution in [0.25, 0.3) is 0 Å².